The maximum atomic E-state index is 13.3. The molecule has 5 nitrogen and oxygen atoms in total. The number of carbonyl (C=O) groups excluding carboxylic acids is 1. The first-order valence-electron chi connectivity index (χ1n) is 10.00. The van der Waals surface area contributed by atoms with Gasteiger partial charge in [0, 0.05) is 0 Å². The van der Waals surface area contributed by atoms with E-state index >= 15 is 0 Å². The van der Waals surface area contributed by atoms with Crippen LogP contribution in [0.15, 0.2) is 41.8 Å². The lowest BCUT2D eigenvalue weighted by Gasteiger charge is -2.31. The first kappa shape index (κ1) is 20.1. The van der Waals surface area contributed by atoms with Gasteiger partial charge in [-0.15, -0.1) is 0 Å². The first-order valence-corrected chi connectivity index (χ1v) is 11.5. The number of sulfone groups is 1. The molecule has 1 aromatic carbocycles. The van der Waals surface area contributed by atoms with Crippen molar-refractivity contribution < 1.29 is 13.2 Å². The van der Waals surface area contributed by atoms with Gasteiger partial charge in [-0.05, 0) is 74.4 Å². The highest BCUT2D eigenvalue weighted by Gasteiger charge is 2.36. The van der Waals surface area contributed by atoms with Crippen LogP contribution in [0.5, 0.6) is 0 Å². The fraction of sp³-hybridized carbons (Fsp3) is 0.571. The van der Waals surface area contributed by atoms with Gasteiger partial charge in [-0.3, -0.25) is 4.79 Å². The van der Waals surface area contributed by atoms with Crippen LogP contribution in [0.25, 0.3) is 0 Å². The van der Waals surface area contributed by atoms with Crippen LogP contribution >= 0.6 is 0 Å². The molecule has 1 aliphatic carbocycles. The van der Waals surface area contributed by atoms with Crippen LogP contribution in [0.3, 0.4) is 0 Å². The summed E-state index contributed by atoms with van der Waals surface area (Å²) >= 11 is 0. The van der Waals surface area contributed by atoms with Gasteiger partial charge in [0.1, 0.15) is 5.37 Å². The third-order valence-electron chi connectivity index (χ3n) is 5.90. The van der Waals surface area contributed by atoms with Crippen LogP contribution in [0, 0.1) is 5.92 Å². The number of rotatable bonds is 6. The maximum absolute atomic E-state index is 13.3. The molecule has 1 saturated carbocycles. The monoisotopic (exact) mass is 390 g/mol. The van der Waals surface area contributed by atoms with E-state index in [0.717, 1.165) is 32.0 Å². The van der Waals surface area contributed by atoms with Gasteiger partial charge in [0.25, 0.3) is 0 Å². The highest BCUT2D eigenvalue weighted by atomic mass is 32.2. The molecule has 1 unspecified atom stereocenters. The quantitative estimate of drug-likeness (QED) is 0.732. The summed E-state index contributed by atoms with van der Waals surface area (Å²) in [6, 6.07) is 7.34. The van der Waals surface area contributed by atoms with Crippen LogP contribution < -0.4 is 10.6 Å². The molecule has 2 fully saturated rings. The molecular weight excluding hydrogens is 360 g/mol. The van der Waals surface area contributed by atoms with E-state index in [9.17, 15) is 13.2 Å². The molecule has 1 saturated heterocycles. The van der Waals surface area contributed by atoms with Crippen LogP contribution in [0.4, 0.5) is 0 Å². The number of piperidine rings is 1. The molecule has 1 heterocycles. The summed E-state index contributed by atoms with van der Waals surface area (Å²) in [6.07, 6.45) is 8.73. The van der Waals surface area contributed by atoms with Crippen molar-refractivity contribution in [3.05, 3.63) is 42.5 Å². The van der Waals surface area contributed by atoms with Crippen LogP contribution in [0.2, 0.25) is 0 Å². The highest BCUT2D eigenvalue weighted by Crippen LogP contribution is 2.33. The number of amides is 1. The van der Waals surface area contributed by atoms with Crippen molar-refractivity contribution in [3.63, 3.8) is 0 Å². The van der Waals surface area contributed by atoms with E-state index in [2.05, 4.69) is 17.2 Å². The summed E-state index contributed by atoms with van der Waals surface area (Å²) in [7, 11) is -3.66. The van der Waals surface area contributed by atoms with Crippen LogP contribution in [0.1, 0.15) is 56.4 Å². The lowest BCUT2D eigenvalue weighted by molar-refractivity contribution is -0.117. The third kappa shape index (κ3) is 4.79. The minimum Gasteiger partial charge on any atom is -0.335 e. The van der Waals surface area contributed by atoms with E-state index in [1.807, 2.05) is 12.1 Å². The molecule has 148 valence electrons. The van der Waals surface area contributed by atoms with E-state index < -0.39 is 21.1 Å². The number of hydrogen-bond acceptors (Lipinski definition) is 4. The number of benzene rings is 1. The largest absolute Gasteiger partial charge is 0.335 e. The van der Waals surface area contributed by atoms with Crippen molar-refractivity contribution in [3.8, 4) is 0 Å². The van der Waals surface area contributed by atoms with Gasteiger partial charge in [-0.25, -0.2) is 8.42 Å². The molecule has 0 spiro atoms. The van der Waals surface area contributed by atoms with Crippen LogP contribution in [-0.4, -0.2) is 32.8 Å². The molecule has 3 rings (SSSR count). The SMILES string of the molecule is C=CC(=O)NC(C1CCNCC1)S(=O)(=O)c1ccc(C2CCCCC2)cc1. The standard InChI is InChI=1S/C21H30N2O3S/c1-2-20(24)23-21(18-12-14-22-15-13-18)27(25,26)19-10-8-17(9-11-19)16-6-4-3-5-7-16/h2,8-11,16,18,21-22H,1,3-7,12-15H2,(H,23,24). The highest BCUT2D eigenvalue weighted by molar-refractivity contribution is 7.92. The van der Waals surface area contributed by atoms with Gasteiger partial charge in [0.05, 0.1) is 4.90 Å². The Balaban J connectivity index is 1.83. The number of nitrogens with one attached hydrogen (secondary N) is 2. The minimum absolute atomic E-state index is 0.0989. The normalized spacial score (nSPS) is 20.7. The Bertz CT molecular complexity index is 746. The van der Waals surface area contributed by atoms with Gasteiger partial charge in [0.15, 0.2) is 9.84 Å². The van der Waals surface area contributed by atoms with Crippen molar-refractivity contribution in [2.24, 2.45) is 5.92 Å². The molecule has 1 amide bonds. The minimum atomic E-state index is -3.66. The molecule has 1 aromatic rings. The maximum Gasteiger partial charge on any atom is 0.244 e. The fourth-order valence-electron chi connectivity index (χ4n) is 4.31. The third-order valence-corrected chi connectivity index (χ3v) is 8.00. The van der Waals surface area contributed by atoms with Crippen LogP contribution in [-0.2, 0) is 14.6 Å². The molecule has 0 radical (unpaired) electrons. The fourth-order valence-corrected chi connectivity index (χ4v) is 6.17. The Kier molecular flexibility index (Phi) is 6.71. The van der Waals surface area contributed by atoms with Crippen molar-refractivity contribution in [1.82, 2.24) is 10.6 Å². The second kappa shape index (κ2) is 9.02. The molecule has 1 atom stereocenters. The Morgan fingerprint density at radius 3 is 2.30 bits per heavy atom. The summed E-state index contributed by atoms with van der Waals surface area (Å²) in [5, 5.41) is 5.01. The molecule has 6 heteroatoms. The molecule has 27 heavy (non-hydrogen) atoms. The Morgan fingerprint density at radius 2 is 1.70 bits per heavy atom. The zero-order chi connectivity index (χ0) is 19.3. The molecular formula is C21H30N2O3S. The average molecular weight is 391 g/mol. The molecule has 0 aromatic heterocycles. The predicted molar refractivity (Wildman–Crippen MR) is 107 cm³/mol. The van der Waals surface area contributed by atoms with Crippen molar-refractivity contribution >= 4 is 15.7 Å². The van der Waals surface area contributed by atoms with E-state index in [1.165, 1.54) is 37.7 Å². The summed E-state index contributed by atoms with van der Waals surface area (Å²) in [5.74, 6) is -0.00436. The zero-order valence-electron chi connectivity index (χ0n) is 15.8. The first-order chi connectivity index (χ1) is 13.0. The Hall–Kier alpha value is -1.66. The van der Waals surface area contributed by atoms with Gasteiger partial charge < -0.3 is 10.6 Å². The average Bonchev–Trinajstić information content (AvgIpc) is 2.73. The number of carbonyl (C=O) groups is 1. The predicted octanol–water partition coefficient (Wildman–Crippen LogP) is 3.14. The van der Waals surface area contributed by atoms with E-state index in [4.69, 9.17) is 0 Å². The van der Waals surface area contributed by atoms with E-state index in [0.29, 0.717) is 5.92 Å². The van der Waals surface area contributed by atoms with Crippen molar-refractivity contribution in [1.29, 1.82) is 0 Å². The smallest absolute Gasteiger partial charge is 0.244 e. The molecule has 2 aliphatic rings. The topological polar surface area (TPSA) is 75.3 Å². The van der Waals surface area contributed by atoms with Gasteiger partial charge in [-0.2, -0.15) is 0 Å². The molecule has 1 aliphatic heterocycles. The summed E-state index contributed by atoms with van der Waals surface area (Å²) < 4.78 is 26.6. The molecule has 2 N–H and O–H groups in total. The summed E-state index contributed by atoms with van der Waals surface area (Å²) in [6.45, 7) is 4.99. The lowest BCUT2D eigenvalue weighted by atomic mass is 9.84. The second-order valence-corrected chi connectivity index (χ2v) is 9.74. The van der Waals surface area contributed by atoms with E-state index in [-0.39, 0.29) is 10.8 Å². The van der Waals surface area contributed by atoms with Crippen molar-refractivity contribution in [2.75, 3.05) is 13.1 Å². The Labute approximate surface area is 162 Å². The van der Waals surface area contributed by atoms with E-state index in [1.54, 1.807) is 12.1 Å². The number of hydrogen-bond donors (Lipinski definition) is 2. The zero-order valence-corrected chi connectivity index (χ0v) is 16.6. The second-order valence-electron chi connectivity index (χ2n) is 7.67. The summed E-state index contributed by atoms with van der Waals surface area (Å²) in [4.78, 5) is 12.2. The van der Waals surface area contributed by atoms with Gasteiger partial charge in [0.2, 0.25) is 5.91 Å². The van der Waals surface area contributed by atoms with Gasteiger partial charge in [-0.1, -0.05) is 38.0 Å². The van der Waals surface area contributed by atoms with Gasteiger partial charge >= 0.3 is 0 Å². The Morgan fingerprint density at radius 1 is 1.07 bits per heavy atom. The van der Waals surface area contributed by atoms with Crippen molar-refractivity contribution in [2.45, 2.75) is 61.1 Å². The summed E-state index contributed by atoms with van der Waals surface area (Å²) in [5.41, 5.74) is 1.22. The molecule has 0 bridgehead atoms. The lowest BCUT2D eigenvalue weighted by Crippen LogP contribution is -2.48.